The fourth-order valence-corrected chi connectivity index (χ4v) is 2.66. The minimum absolute atomic E-state index is 0.0832. The normalized spacial score (nSPS) is 11.4. The number of sulfonamides is 1. The number of hydrogen-bond acceptors (Lipinski definition) is 3. The van der Waals surface area contributed by atoms with Gasteiger partial charge in [0.25, 0.3) is 0 Å². The smallest absolute Gasteiger partial charge is 0.318 e. The Morgan fingerprint density at radius 3 is 2.56 bits per heavy atom. The van der Waals surface area contributed by atoms with Gasteiger partial charge >= 0.3 is 5.97 Å². The van der Waals surface area contributed by atoms with Gasteiger partial charge in [-0.1, -0.05) is 29.3 Å². The number of carbonyl (C=O) groups is 1. The van der Waals surface area contributed by atoms with Gasteiger partial charge in [-0.05, 0) is 12.1 Å². The van der Waals surface area contributed by atoms with Crippen molar-refractivity contribution in [1.82, 2.24) is 4.72 Å². The van der Waals surface area contributed by atoms with Gasteiger partial charge in [-0.3, -0.25) is 4.79 Å². The van der Waals surface area contributed by atoms with Crippen LogP contribution in [-0.4, -0.2) is 26.0 Å². The highest BCUT2D eigenvalue weighted by molar-refractivity contribution is 7.89. The number of carboxylic acid groups (broad SMARTS) is 1. The van der Waals surface area contributed by atoms with Crippen molar-refractivity contribution in [2.24, 2.45) is 0 Å². The Hall–Kier alpha value is -0.820. The SMILES string of the molecule is O=C(O)CNS(=O)(=O)c1cccc(Cl)c1Cl. The van der Waals surface area contributed by atoms with Gasteiger partial charge in [-0.25, -0.2) is 8.42 Å². The number of benzene rings is 1. The van der Waals surface area contributed by atoms with E-state index in [1.165, 1.54) is 18.2 Å². The molecule has 0 radical (unpaired) electrons. The van der Waals surface area contributed by atoms with Crippen LogP contribution in [-0.2, 0) is 14.8 Å². The molecule has 0 heterocycles. The highest BCUT2D eigenvalue weighted by Crippen LogP contribution is 2.28. The summed E-state index contributed by atoms with van der Waals surface area (Å²) in [4.78, 5) is 10.00. The molecule has 0 saturated carbocycles. The first kappa shape index (κ1) is 13.2. The fraction of sp³-hybridized carbons (Fsp3) is 0.125. The first-order valence-corrected chi connectivity index (χ1v) is 6.24. The summed E-state index contributed by atoms with van der Waals surface area (Å²) in [5, 5.41) is 8.31. The van der Waals surface area contributed by atoms with Gasteiger partial charge in [0, 0.05) is 0 Å². The molecule has 0 unspecified atom stereocenters. The van der Waals surface area contributed by atoms with E-state index in [0.717, 1.165) is 0 Å². The van der Waals surface area contributed by atoms with E-state index in [9.17, 15) is 13.2 Å². The number of hydrogen-bond donors (Lipinski definition) is 2. The molecule has 0 fully saturated rings. The molecule has 0 aromatic heterocycles. The second-order valence-electron chi connectivity index (χ2n) is 2.77. The van der Waals surface area contributed by atoms with E-state index < -0.39 is 22.5 Å². The molecule has 2 N–H and O–H groups in total. The molecule has 88 valence electrons. The predicted molar refractivity (Wildman–Crippen MR) is 59.3 cm³/mol. The average molecular weight is 284 g/mol. The number of halogens is 2. The Morgan fingerprint density at radius 2 is 2.00 bits per heavy atom. The molecular formula is C8H7Cl2NO4S. The maximum absolute atomic E-state index is 11.6. The lowest BCUT2D eigenvalue weighted by atomic mass is 10.4. The summed E-state index contributed by atoms with van der Waals surface area (Å²) >= 11 is 11.3. The van der Waals surface area contributed by atoms with Crippen molar-refractivity contribution in [3.8, 4) is 0 Å². The summed E-state index contributed by atoms with van der Waals surface area (Å²) in [6, 6.07) is 4.07. The zero-order chi connectivity index (χ0) is 12.3. The standard InChI is InChI=1S/C8H7Cl2NO4S/c9-5-2-1-3-6(8(5)10)16(14,15)11-4-7(12)13/h1-3,11H,4H2,(H,12,13). The molecule has 0 aliphatic rings. The van der Waals surface area contributed by atoms with Crippen LogP contribution in [0, 0.1) is 0 Å². The molecule has 1 aromatic rings. The highest BCUT2D eigenvalue weighted by Gasteiger charge is 2.19. The Labute approximate surface area is 102 Å². The first-order chi connectivity index (χ1) is 7.34. The van der Waals surface area contributed by atoms with Crippen LogP contribution in [0.5, 0.6) is 0 Å². The van der Waals surface area contributed by atoms with E-state index in [-0.39, 0.29) is 14.9 Å². The van der Waals surface area contributed by atoms with Crippen LogP contribution in [0.2, 0.25) is 10.0 Å². The number of carboxylic acids is 1. The van der Waals surface area contributed by atoms with E-state index in [4.69, 9.17) is 28.3 Å². The minimum Gasteiger partial charge on any atom is -0.480 e. The predicted octanol–water partition coefficient (Wildman–Crippen LogP) is 1.36. The maximum Gasteiger partial charge on any atom is 0.318 e. The van der Waals surface area contributed by atoms with Crippen LogP contribution < -0.4 is 4.72 Å². The van der Waals surface area contributed by atoms with Gasteiger partial charge in [-0.2, -0.15) is 4.72 Å². The molecule has 1 aromatic carbocycles. The van der Waals surface area contributed by atoms with Gasteiger partial charge in [0.1, 0.15) is 11.4 Å². The lowest BCUT2D eigenvalue weighted by Gasteiger charge is -2.07. The van der Waals surface area contributed by atoms with Crippen LogP contribution >= 0.6 is 23.2 Å². The van der Waals surface area contributed by atoms with Crippen LogP contribution in [0.15, 0.2) is 23.1 Å². The van der Waals surface area contributed by atoms with Crippen LogP contribution in [0.1, 0.15) is 0 Å². The minimum atomic E-state index is -3.96. The zero-order valence-electron chi connectivity index (χ0n) is 7.78. The second kappa shape index (κ2) is 5.01. The van der Waals surface area contributed by atoms with E-state index >= 15 is 0 Å². The zero-order valence-corrected chi connectivity index (χ0v) is 10.1. The largest absolute Gasteiger partial charge is 0.480 e. The summed E-state index contributed by atoms with van der Waals surface area (Å²) in [5.41, 5.74) is 0. The molecule has 0 aliphatic carbocycles. The monoisotopic (exact) mass is 283 g/mol. The van der Waals surface area contributed by atoms with E-state index in [1.807, 2.05) is 4.72 Å². The van der Waals surface area contributed by atoms with Crippen molar-refractivity contribution in [2.45, 2.75) is 4.90 Å². The highest BCUT2D eigenvalue weighted by atomic mass is 35.5. The summed E-state index contributed by atoms with van der Waals surface area (Å²) in [7, 11) is -3.96. The average Bonchev–Trinajstić information content (AvgIpc) is 2.19. The quantitative estimate of drug-likeness (QED) is 0.874. The molecule has 1 rings (SSSR count). The van der Waals surface area contributed by atoms with Gasteiger partial charge in [0.2, 0.25) is 10.0 Å². The van der Waals surface area contributed by atoms with Gasteiger partial charge < -0.3 is 5.11 Å². The van der Waals surface area contributed by atoms with Crippen LogP contribution in [0.25, 0.3) is 0 Å². The van der Waals surface area contributed by atoms with Crippen molar-refractivity contribution in [3.05, 3.63) is 28.2 Å². The second-order valence-corrected chi connectivity index (χ2v) is 5.29. The van der Waals surface area contributed by atoms with Gasteiger partial charge in [-0.15, -0.1) is 0 Å². The maximum atomic E-state index is 11.6. The van der Waals surface area contributed by atoms with E-state index in [0.29, 0.717) is 0 Å². The van der Waals surface area contributed by atoms with Crippen molar-refractivity contribution >= 4 is 39.2 Å². The molecule has 0 spiro atoms. The molecule has 0 amide bonds. The van der Waals surface area contributed by atoms with Crippen LogP contribution in [0.3, 0.4) is 0 Å². The summed E-state index contributed by atoms with van der Waals surface area (Å²) < 4.78 is 25.1. The molecule has 0 aliphatic heterocycles. The Bertz CT molecular complexity index is 515. The Morgan fingerprint density at radius 1 is 1.38 bits per heavy atom. The topological polar surface area (TPSA) is 83.5 Å². The third kappa shape index (κ3) is 3.08. The third-order valence-corrected chi connectivity index (χ3v) is 3.99. The first-order valence-electron chi connectivity index (χ1n) is 4.00. The molecular weight excluding hydrogens is 277 g/mol. The fourth-order valence-electron chi connectivity index (χ4n) is 0.926. The molecule has 0 saturated heterocycles. The Kier molecular flexibility index (Phi) is 4.15. The van der Waals surface area contributed by atoms with E-state index in [2.05, 4.69) is 0 Å². The van der Waals surface area contributed by atoms with Crippen molar-refractivity contribution < 1.29 is 18.3 Å². The summed E-state index contributed by atoms with van der Waals surface area (Å²) in [6.07, 6.45) is 0. The molecule has 8 heteroatoms. The lowest BCUT2D eigenvalue weighted by molar-refractivity contribution is -0.135. The van der Waals surface area contributed by atoms with Crippen molar-refractivity contribution in [2.75, 3.05) is 6.54 Å². The third-order valence-electron chi connectivity index (χ3n) is 1.62. The molecule has 5 nitrogen and oxygen atoms in total. The number of aliphatic carboxylic acids is 1. The number of rotatable bonds is 4. The lowest BCUT2D eigenvalue weighted by Crippen LogP contribution is -2.29. The van der Waals surface area contributed by atoms with Gasteiger partial charge in [0.05, 0.1) is 10.0 Å². The molecule has 0 bridgehead atoms. The van der Waals surface area contributed by atoms with E-state index in [1.54, 1.807) is 0 Å². The van der Waals surface area contributed by atoms with Crippen molar-refractivity contribution in [3.63, 3.8) is 0 Å². The Balaban J connectivity index is 3.08. The molecule has 16 heavy (non-hydrogen) atoms. The van der Waals surface area contributed by atoms with Crippen molar-refractivity contribution in [1.29, 1.82) is 0 Å². The summed E-state index contributed by atoms with van der Waals surface area (Å²) in [5.74, 6) is -1.29. The summed E-state index contributed by atoms with van der Waals surface area (Å²) in [6.45, 7) is -0.717. The van der Waals surface area contributed by atoms with Gasteiger partial charge in [0.15, 0.2) is 0 Å². The number of nitrogens with one attached hydrogen (secondary N) is 1. The van der Waals surface area contributed by atoms with Crippen LogP contribution in [0.4, 0.5) is 0 Å². The molecule has 0 atom stereocenters.